The van der Waals surface area contributed by atoms with Crippen molar-refractivity contribution in [1.29, 1.82) is 0 Å². The van der Waals surface area contributed by atoms with Gasteiger partial charge in [-0.3, -0.25) is 9.10 Å². The highest BCUT2D eigenvalue weighted by molar-refractivity contribution is 7.92. The van der Waals surface area contributed by atoms with Crippen molar-refractivity contribution in [3.05, 3.63) is 80.6 Å². The van der Waals surface area contributed by atoms with Crippen molar-refractivity contribution < 1.29 is 17.9 Å². The van der Waals surface area contributed by atoms with Gasteiger partial charge in [0.25, 0.3) is 15.9 Å². The van der Waals surface area contributed by atoms with Gasteiger partial charge in [-0.25, -0.2) is 8.42 Å². The van der Waals surface area contributed by atoms with Crippen LogP contribution in [0.4, 0.5) is 11.4 Å². The van der Waals surface area contributed by atoms with Gasteiger partial charge in [-0.2, -0.15) is 0 Å². The van der Waals surface area contributed by atoms with Crippen molar-refractivity contribution in [1.82, 2.24) is 0 Å². The van der Waals surface area contributed by atoms with E-state index in [1.165, 1.54) is 43.7 Å². The second-order valence-corrected chi connectivity index (χ2v) is 11.4. The van der Waals surface area contributed by atoms with E-state index in [2.05, 4.69) is 5.32 Å². The molecule has 1 aromatic heterocycles. The van der Waals surface area contributed by atoms with Crippen molar-refractivity contribution in [3.8, 4) is 5.75 Å². The Balaban J connectivity index is 1.62. The Morgan fingerprint density at radius 2 is 1.76 bits per heavy atom. The Morgan fingerprint density at radius 1 is 1.00 bits per heavy atom. The molecule has 3 aromatic carbocycles. The Kier molecular flexibility index (Phi) is 6.98. The Bertz CT molecular complexity index is 1520. The van der Waals surface area contributed by atoms with E-state index in [9.17, 15) is 13.2 Å². The molecule has 34 heavy (non-hydrogen) atoms. The molecule has 0 unspecified atom stereocenters. The summed E-state index contributed by atoms with van der Waals surface area (Å²) in [6.45, 7) is 0. The van der Waals surface area contributed by atoms with E-state index in [4.69, 9.17) is 39.5 Å². The van der Waals surface area contributed by atoms with Crippen molar-refractivity contribution in [3.63, 3.8) is 0 Å². The predicted octanol–water partition coefficient (Wildman–Crippen LogP) is 6.95. The highest BCUT2D eigenvalue weighted by Crippen LogP contribution is 2.34. The number of methoxy groups -OCH3 is 1. The summed E-state index contributed by atoms with van der Waals surface area (Å²) >= 11 is 19.6. The summed E-state index contributed by atoms with van der Waals surface area (Å²) in [6, 6.07) is 16.1. The average Bonchev–Trinajstić information content (AvgIpc) is 3.25. The first-order valence-electron chi connectivity index (χ1n) is 9.73. The fourth-order valence-corrected chi connectivity index (χ4v) is 6.05. The molecule has 0 radical (unpaired) electrons. The van der Waals surface area contributed by atoms with E-state index < -0.39 is 10.0 Å². The van der Waals surface area contributed by atoms with Crippen LogP contribution in [0.3, 0.4) is 0 Å². The number of sulfonamides is 1. The van der Waals surface area contributed by atoms with Crippen LogP contribution in [0.15, 0.2) is 65.6 Å². The number of amides is 1. The normalized spacial score (nSPS) is 11.4. The van der Waals surface area contributed by atoms with Gasteiger partial charge in [0.05, 0.1) is 43.3 Å². The number of benzene rings is 3. The van der Waals surface area contributed by atoms with Crippen LogP contribution < -0.4 is 14.4 Å². The first-order chi connectivity index (χ1) is 16.1. The second-order valence-electron chi connectivity index (χ2n) is 7.16. The molecule has 176 valence electrons. The number of hydrogen-bond acceptors (Lipinski definition) is 5. The third kappa shape index (κ3) is 4.69. The number of ether oxygens (including phenoxy) is 1. The van der Waals surface area contributed by atoms with Gasteiger partial charge in [-0.15, -0.1) is 11.3 Å². The summed E-state index contributed by atoms with van der Waals surface area (Å²) in [7, 11) is -0.969. The van der Waals surface area contributed by atoms with Gasteiger partial charge in [-0.05, 0) is 60.0 Å². The molecule has 4 aromatic rings. The van der Waals surface area contributed by atoms with Crippen LogP contribution in [0, 0.1) is 0 Å². The maximum atomic E-state index is 13.1. The number of anilines is 2. The molecule has 1 N–H and O–H groups in total. The number of halogens is 3. The number of nitrogens with zero attached hydrogens (tertiary/aromatic N) is 1. The van der Waals surface area contributed by atoms with E-state index in [0.29, 0.717) is 27.0 Å². The summed E-state index contributed by atoms with van der Waals surface area (Å²) in [5, 5.41) is 4.26. The van der Waals surface area contributed by atoms with Crippen LogP contribution in [0.1, 0.15) is 9.67 Å². The minimum absolute atomic E-state index is 0.0321. The van der Waals surface area contributed by atoms with E-state index in [0.717, 1.165) is 14.4 Å². The molecule has 0 saturated heterocycles. The highest BCUT2D eigenvalue weighted by atomic mass is 35.5. The summed E-state index contributed by atoms with van der Waals surface area (Å²) < 4.78 is 33.4. The lowest BCUT2D eigenvalue weighted by Crippen LogP contribution is -2.26. The highest BCUT2D eigenvalue weighted by Gasteiger charge is 2.23. The Labute approximate surface area is 215 Å². The predicted molar refractivity (Wildman–Crippen MR) is 140 cm³/mol. The molecule has 1 amide bonds. The standard InChI is InChI=1S/C23H17Cl3N2O4S2/c1-28(34(30,31)15-7-8-19(32-2)17(25)12-15)14-6-9-20-13(10-14)11-21(33-20)23(29)27-18-5-3-4-16(24)22(18)26/h3-12H,1-2H3,(H,27,29). The number of thiophene rings is 1. The largest absolute Gasteiger partial charge is 0.495 e. The maximum absolute atomic E-state index is 13.1. The van der Waals surface area contributed by atoms with Crippen LogP contribution in [-0.4, -0.2) is 28.5 Å². The maximum Gasteiger partial charge on any atom is 0.265 e. The topological polar surface area (TPSA) is 75.7 Å². The molecule has 4 rings (SSSR count). The van der Waals surface area contributed by atoms with Gasteiger partial charge in [0.1, 0.15) is 5.75 Å². The quantitative estimate of drug-likeness (QED) is 0.279. The molecule has 0 fully saturated rings. The lowest BCUT2D eigenvalue weighted by atomic mass is 10.2. The lowest BCUT2D eigenvalue weighted by Gasteiger charge is -2.20. The van der Waals surface area contributed by atoms with E-state index in [-0.39, 0.29) is 20.8 Å². The molecule has 0 saturated carbocycles. The zero-order valence-corrected chi connectivity index (χ0v) is 21.7. The SMILES string of the molecule is COc1ccc(S(=O)(=O)N(C)c2ccc3sc(C(=O)Nc4cccc(Cl)c4Cl)cc3c2)cc1Cl. The summed E-state index contributed by atoms with van der Waals surface area (Å²) in [5.41, 5.74) is 0.836. The Hall–Kier alpha value is -2.49. The number of carbonyl (C=O) groups excluding carboxylic acids is 1. The molecule has 11 heteroatoms. The van der Waals surface area contributed by atoms with Crippen LogP contribution in [0.25, 0.3) is 10.1 Å². The van der Waals surface area contributed by atoms with Crippen molar-refractivity contribution in [2.24, 2.45) is 0 Å². The van der Waals surface area contributed by atoms with Crippen molar-refractivity contribution >= 4 is 83.5 Å². The summed E-state index contributed by atoms with van der Waals surface area (Å²) in [6.07, 6.45) is 0. The molecule has 0 atom stereocenters. The fraction of sp³-hybridized carbons (Fsp3) is 0.0870. The van der Waals surface area contributed by atoms with E-state index in [1.807, 2.05) is 0 Å². The minimum Gasteiger partial charge on any atom is -0.495 e. The van der Waals surface area contributed by atoms with Gasteiger partial charge in [0.15, 0.2) is 0 Å². The molecule has 6 nitrogen and oxygen atoms in total. The van der Waals surface area contributed by atoms with Crippen LogP contribution >= 0.6 is 46.1 Å². The molecule has 0 spiro atoms. The lowest BCUT2D eigenvalue weighted by molar-refractivity contribution is 0.103. The van der Waals surface area contributed by atoms with Crippen LogP contribution in [0.5, 0.6) is 5.75 Å². The van der Waals surface area contributed by atoms with Gasteiger partial charge < -0.3 is 10.1 Å². The molecule has 0 aliphatic carbocycles. The smallest absolute Gasteiger partial charge is 0.265 e. The van der Waals surface area contributed by atoms with Gasteiger partial charge in [0, 0.05) is 11.7 Å². The number of rotatable bonds is 6. The monoisotopic (exact) mass is 554 g/mol. The molecule has 0 bridgehead atoms. The number of carbonyl (C=O) groups is 1. The van der Waals surface area contributed by atoms with Crippen molar-refractivity contribution in [2.75, 3.05) is 23.8 Å². The summed E-state index contributed by atoms with van der Waals surface area (Å²) in [4.78, 5) is 13.2. The molecular formula is C23H17Cl3N2O4S2. The van der Waals surface area contributed by atoms with Gasteiger partial charge >= 0.3 is 0 Å². The van der Waals surface area contributed by atoms with E-state index >= 15 is 0 Å². The average molecular weight is 556 g/mol. The second kappa shape index (κ2) is 9.64. The third-order valence-corrected chi connectivity index (χ3v) is 9.08. The van der Waals surface area contributed by atoms with Crippen LogP contribution in [0.2, 0.25) is 15.1 Å². The third-order valence-electron chi connectivity index (χ3n) is 5.07. The Morgan fingerprint density at radius 3 is 2.47 bits per heavy atom. The molecular weight excluding hydrogens is 539 g/mol. The van der Waals surface area contributed by atoms with Gasteiger partial charge in [0.2, 0.25) is 0 Å². The van der Waals surface area contributed by atoms with Gasteiger partial charge in [-0.1, -0.05) is 40.9 Å². The minimum atomic E-state index is -3.88. The molecule has 1 heterocycles. The first-order valence-corrected chi connectivity index (χ1v) is 13.1. The number of hydrogen-bond donors (Lipinski definition) is 1. The molecule has 0 aliphatic rings. The first kappa shape index (κ1) is 24.6. The molecule has 0 aliphatic heterocycles. The number of fused-ring (bicyclic) bond motifs is 1. The zero-order chi connectivity index (χ0) is 24.6. The van der Waals surface area contributed by atoms with Crippen LogP contribution in [-0.2, 0) is 10.0 Å². The zero-order valence-electron chi connectivity index (χ0n) is 17.8. The fourth-order valence-electron chi connectivity index (χ4n) is 3.23. The number of nitrogens with one attached hydrogen (secondary N) is 1. The summed E-state index contributed by atoms with van der Waals surface area (Å²) in [5.74, 6) is 0.0357. The van der Waals surface area contributed by atoms with E-state index in [1.54, 1.807) is 42.5 Å². The van der Waals surface area contributed by atoms with Crippen molar-refractivity contribution in [2.45, 2.75) is 4.90 Å².